The monoisotopic (exact) mass is 482 g/mol. The summed E-state index contributed by atoms with van der Waals surface area (Å²) >= 11 is 0. The number of anilines is 2. The van der Waals surface area contributed by atoms with E-state index in [1.54, 1.807) is 12.1 Å². The SMILES string of the molecule is COc1cc(NC(=O)C2CCCCC2)c(C(=O)OCC(=O)c2ccc(NC(C)=O)cc2)cc1OC. The number of Topliss-reactive ketones (excluding diaryl/α,β-unsaturated/α-hetero) is 1. The fourth-order valence-corrected chi connectivity index (χ4v) is 3.99. The molecular weight excluding hydrogens is 452 g/mol. The van der Waals surface area contributed by atoms with E-state index in [1.165, 1.54) is 45.4 Å². The van der Waals surface area contributed by atoms with E-state index in [4.69, 9.17) is 14.2 Å². The summed E-state index contributed by atoms with van der Waals surface area (Å²) in [6.45, 7) is 0.890. The van der Waals surface area contributed by atoms with E-state index in [0.717, 1.165) is 32.1 Å². The maximum absolute atomic E-state index is 12.9. The topological polar surface area (TPSA) is 120 Å². The molecule has 9 heteroatoms. The number of esters is 1. The summed E-state index contributed by atoms with van der Waals surface area (Å²) in [5, 5.41) is 5.45. The minimum atomic E-state index is -0.784. The molecule has 2 amide bonds. The number of ketones is 1. The van der Waals surface area contributed by atoms with Crippen LogP contribution in [0.15, 0.2) is 36.4 Å². The summed E-state index contributed by atoms with van der Waals surface area (Å²) in [7, 11) is 2.89. The van der Waals surface area contributed by atoms with Crippen LogP contribution in [0.5, 0.6) is 11.5 Å². The summed E-state index contributed by atoms with van der Waals surface area (Å²) in [5.74, 6) is -1.08. The van der Waals surface area contributed by atoms with Crippen LogP contribution in [0.2, 0.25) is 0 Å². The van der Waals surface area contributed by atoms with Crippen LogP contribution in [0.25, 0.3) is 0 Å². The van der Waals surface area contributed by atoms with Crippen molar-refractivity contribution >= 4 is 34.9 Å². The number of ether oxygens (including phenoxy) is 3. The molecule has 35 heavy (non-hydrogen) atoms. The highest BCUT2D eigenvalue weighted by Gasteiger charge is 2.25. The van der Waals surface area contributed by atoms with Gasteiger partial charge in [0.25, 0.3) is 0 Å². The van der Waals surface area contributed by atoms with Crippen LogP contribution in [-0.4, -0.2) is 44.4 Å². The third-order valence-corrected chi connectivity index (χ3v) is 5.84. The van der Waals surface area contributed by atoms with Crippen LogP contribution >= 0.6 is 0 Å². The summed E-state index contributed by atoms with van der Waals surface area (Å²) in [5.41, 5.74) is 1.16. The van der Waals surface area contributed by atoms with Gasteiger partial charge in [0, 0.05) is 36.2 Å². The van der Waals surface area contributed by atoms with Gasteiger partial charge in [-0.05, 0) is 37.1 Å². The second-order valence-corrected chi connectivity index (χ2v) is 8.33. The maximum Gasteiger partial charge on any atom is 0.340 e. The van der Waals surface area contributed by atoms with E-state index in [0.29, 0.717) is 17.0 Å². The first-order valence-corrected chi connectivity index (χ1v) is 11.5. The number of nitrogens with one attached hydrogen (secondary N) is 2. The van der Waals surface area contributed by atoms with Gasteiger partial charge in [-0.15, -0.1) is 0 Å². The molecule has 2 aromatic carbocycles. The van der Waals surface area contributed by atoms with Crippen LogP contribution in [0.1, 0.15) is 59.7 Å². The highest BCUT2D eigenvalue weighted by Crippen LogP contribution is 2.35. The lowest BCUT2D eigenvalue weighted by atomic mass is 9.88. The van der Waals surface area contributed by atoms with Crippen LogP contribution in [0, 0.1) is 5.92 Å². The van der Waals surface area contributed by atoms with Gasteiger partial charge in [-0.2, -0.15) is 0 Å². The highest BCUT2D eigenvalue weighted by molar-refractivity contribution is 6.04. The van der Waals surface area contributed by atoms with Gasteiger partial charge in [-0.1, -0.05) is 19.3 Å². The standard InChI is InChI=1S/C26H30N2O7/c1-16(29)27-19-11-9-17(10-12-19)22(30)15-35-26(32)20-13-23(33-2)24(34-3)14-21(20)28-25(31)18-7-5-4-6-8-18/h9-14,18H,4-8,15H2,1-3H3,(H,27,29)(H,28,31). The molecule has 186 valence electrons. The van der Waals surface area contributed by atoms with Crippen LogP contribution in [0.3, 0.4) is 0 Å². The number of hydrogen-bond acceptors (Lipinski definition) is 7. The van der Waals surface area contributed by atoms with Crippen molar-refractivity contribution < 1.29 is 33.4 Å². The normalized spacial score (nSPS) is 13.5. The van der Waals surface area contributed by atoms with Crippen molar-refractivity contribution in [2.45, 2.75) is 39.0 Å². The zero-order valence-corrected chi connectivity index (χ0v) is 20.1. The number of amides is 2. The molecule has 0 radical (unpaired) electrons. The molecular formula is C26H30N2O7. The van der Waals surface area contributed by atoms with E-state index >= 15 is 0 Å². The molecule has 0 atom stereocenters. The Morgan fingerprint density at radius 1 is 0.886 bits per heavy atom. The number of benzene rings is 2. The number of hydrogen-bond donors (Lipinski definition) is 2. The fraction of sp³-hybridized carbons (Fsp3) is 0.385. The first-order valence-electron chi connectivity index (χ1n) is 11.5. The summed E-state index contributed by atoms with van der Waals surface area (Å²) in [4.78, 5) is 49.4. The predicted molar refractivity (Wildman–Crippen MR) is 130 cm³/mol. The van der Waals surface area contributed by atoms with E-state index in [1.807, 2.05) is 0 Å². The van der Waals surface area contributed by atoms with Gasteiger partial charge in [0.05, 0.1) is 25.5 Å². The Morgan fingerprint density at radius 3 is 2.11 bits per heavy atom. The molecule has 0 unspecified atom stereocenters. The first kappa shape index (κ1) is 25.7. The molecule has 1 aliphatic rings. The summed E-state index contributed by atoms with van der Waals surface area (Å²) in [6.07, 6.45) is 4.70. The van der Waals surface area contributed by atoms with E-state index < -0.39 is 18.4 Å². The van der Waals surface area contributed by atoms with Gasteiger partial charge in [0.15, 0.2) is 23.9 Å². The van der Waals surface area contributed by atoms with Crippen LogP contribution < -0.4 is 20.1 Å². The van der Waals surface area contributed by atoms with Gasteiger partial charge in [0.2, 0.25) is 11.8 Å². The smallest absolute Gasteiger partial charge is 0.340 e. The zero-order chi connectivity index (χ0) is 25.4. The Hall–Kier alpha value is -3.88. The molecule has 2 aromatic rings. The van der Waals surface area contributed by atoms with Crippen LogP contribution in [0.4, 0.5) is 11.4 Å². The fourth-order valence-electron chi connectivity index (χ4n) is 3.99. The summed E-state index contributed by atoms with van der Waals surface area (Å²) in [6, 6.07) is 9.18. The predicted octanol–water partition coefficient (Wildman–Crippen LogP) is 4.22. The van der Waals surface area contributed by atoms with Gasteiger partial charge in [-0.3, -0.25) is 14.4 Å². The molecule has 0 aromatic heterocycles. The van der Waals surface area contributed by atoms with Crippen molar-refractivity contribution in [2.75, 3.05) is 31.5 Å². The molecule has 0 spiro atoms. The third-order valence-electron chi connectivity index (χ3n) is 5.84. The Bertz CT molecular complexity index is 1090. The lowest BCUT2D eigenvalue weighted by molar-refractivity contribution is -0.120. The zero-order valence-electron chi connectivity index (χ0n) is 20.1. The largest absolute Gasteiger partial charge is 0.493 e. The molecule has 0 saturated heterocycles. The van der Waals surface area contributed by atoms with Gasteiger partial charge < -0.3 is 24.8 Å². The maximum atomic E-state index is 12.9. The molecule has 0 aliphatic heterocycles. The molecule has 1 saturated carbocycles. The number of methoxy groups -OCH3 is 2. The lowest BCUT2D eigenvalue weighted by Gasteiger charge is -2.22. The highest BCUT2D eigenvalue weighted by atomic mass is 16.5. The average molecular weight is 483 g/mol. The Balaban J connectivity index is 1.74. The first-order chi connectivity index (χ1) is 16.8. The lowest BCUT2D eigenvalue weighted by Crippen LogP contribution is -2.26. The summed E-state index contributed by atoms with van der Waals surface area (Å²) < 4.78 is 15.9. The van der Waals surface area contributed by atoms with Crippen molar-refractivity contribution in [1.82, 2.24) is 0 Å². The molecule has 9 nitrogen and oxygen atoms in total. The Kier molecular flexibility index (Phi) is 8.83. The minimum Gasteiger partial charge on any atom is -0.493 e. The molecule has 2 N–H and O–H groups in total. The third kappa shape index (κ3) is 6.81. The van der Waals surface area contributed by atoms with Crippen molar-refractivity contribution in [3.63, 3.8) is 0 Å². The minimum absolute atomic E-state index is 0.0561. The van der Waals surface area contributed by atoms with E-state index in [-0.39, 0.29) is 34.7 Å². The molecule has 0 bridgehead atoms. The molecule has 0 heterocycles. The molecule has 1 fully saturated rings. The van der Waals surface area contributed by atoms with E-state index in [2.05, 4.69) is 10.6 Å². The van der Waals surface area contributed by atoms with Crippen molar-refractivity contribution in [2.24, 2.45) is 5.92 Å². The van der Waals surface area contributed by atoms with Crippen LogP contribution in [-0.2, 0) is 14.3 Å². The quantitative estimate of drug-likeness (QED) is 0.406. The number of rotatable bonds is 9. The van der Waals surface area contributed by atoms with Gasteiger partial charge >= 0.3 is 5.97 Å². The molecule has 1 aliphatic carbocycles. The Morgan fingerprint density at radius 2 is 1.51 bits per heavy atom. The van der Waals surface area contributed by atoms with Crippen molar-refractivity contribution in [3.8, 4) is 11.5 Å². The van der Waals surface area contributed by atoms with E-state index in [9.17, 15) is 19.2 Å². The van der Waals surface area contributed by atoms with Gasteiger partial charge in [-0.25, -0.2) is 4.79 Å². The van der Waals surface area contributed by atoms with Crippen molar-refractivity contribution in [1.29, 1.82) is 0 Å². The Labute approximate surface area is 204 Å². The molecule has 3 rings (SSSR count). The number of carbonyl (C=O) groups excluding carboxylic acids is 4. The second kappa shape index (κ2) is 12.0. The second-order valence-electron chi connectivity index (χ2n) is 8.33. The van der Waals surface area contributed by atoms with Crippen molar-refractivity contribution in [3.05, 3.63) is 47.5 Å². The number of carbonyl (C=O) groups is 4. The average Bonchev–Trinajstić information content (AvgIpc) is 2.87. The van der Waals surface area contributed by atoms with Gasteiger partial charge in [0.1, 0.15) is 0 Å².